The van der Waals surface area contributed by atoms with E-state index in [4.69, 9.17) is 10.2 Å². The van der Waals surface area contributed by atoms with Gasteiger partial charge in [0.25, 0.3) is 0 Å². The molecule has 0 spiro atoms. The molecule has 0 heterocycles. The maximum Gasteiger partial charge on any atom is 0.316 e. The van der Waals surface area contributed by atoms with Crippen molar-refractivity contribution in [2.75, 3.05) is 0 Å². The maximum absolute atomic E-state index is 9.64. The molecule has 10 heavy (non-hydrogen) atoms. The summed E-state index contributed by atoms with van der Waals surface area (Å²) in [5.74, 6) is -2.15. The Hall–Kier alpha value is 0.226. The van der Waals surface area contributed by atoms with Gasteiger partial charge < -0.3 is 10.2 Å². The van der Waals surface area contributed by atoms with Gasteiger partial charge in [-0.25, -0.2) is 0 Å². The van der Waals surface area contributed by atoms with Crippen LogP contribution in [0.1, 0.15) is 12.8 Å². The second kappa shape index (κ2) is 9.23. The molecule has 0 saturated heterocycles. The Morgan fingerprint density at radius 1 is 1.00 bits per heavy atom. The summed E-state index contributed by atoms with van der Waals surface area (Å²) in [6.07, 6.45) is -0.593. The summed E-state index contributed by atoms with van der Waals surface area (Å²) in [4.78, 5) is 19.3. The van der Waals surface area contributed by atoms with Gasteiger partial charge in [0.2, 0.25) is 0 Å². The third kappa shape index (κ3) is 15.7. The Bertz CT molecular complexity index is 102. The van der Waals surface area contributed by atoms with E-state index in [1.165, 1.54) is 0 Å². The van der Waals surface area contributed by atoms with Crippen LogP contribution < -0.4 is 0 Å². The molecule has 4 nitrogen and oxygen atoms in total. The molecule has 0 bridgehead atoms. The van der Waals surface area contributed by atoms with Gasteiger partial charge in [0.1, 0.15) is 0 Å². The number of carbonyl (C=O) groups is 2. The van der Waals surface area contributed by atoms with E-state index >= 15 is 0 Å². The summed E-state index contributed by atoms with van der Waals surface area (Å²) in [5, 5.41) is 15.8. The van der Waals surface area contributed by atoms with E-state index in [-0.39, 0.29) is 53.0 Å². The molecule has 0 aromatic heterocycles. The minimum absolute atomic E-state index is 0. The number of hydrogen-bond donors (Lipinski definition) is 2. The predicted molar refractivity (Wildman–Crippen MR) is 33.0 cm³/mol. The quantitative estimate of drug-likeness (QED) is 0.574. The van der Waals surface area contributed by atoms with E-state index in [0.29, 0.717) is 0 Å². The van der Waals surface area contributed by atoms with Crippen molar-refractivity contribution in [1.82, 2.24) is 0 Å². The molecule has 0 atom stereocenters. The summed E-state index contributed by atoms with van der Waals surface area (Å²) in [7, 11) is 0. The Morgan fingerprint density at radius 2 is 1.20 bits per heavy atom. The van der Waals surface area contributed by atoms with Crippen LogP contribution in [0.2, 0.25) is 0 Å². The Kier molecular flexibility index (Phi) is 15.4. The molecule has 0 aliphatic carbocycles. The van der Waals surface area contributed by atoms with Crippen molar-refractivity contribution in [2.24, 2.45) is 0 Å². The topological polar surface area (TPSA) is 74.6 Å². The van der Waals surface area contributed by atoms with Crippen LogP contribution in [-0.4, -0.2) is 45.2 Å². The second-order valence-electron chi connectivity index (χ2n) is 1.29. The summed E-state index contributed by atoms with van der Waals surface area (Å²) < 4.78 is 0. The van der Waals surface area contributed by atoms with Gasteiger partial charge in [-0.1, -0.05) is 0 Å². The Balaban J connectivity index is -0.000000245. The van der Waals surface area contributed by atoms with Crippen molar-refractivity contribution < 1.29 is 36.9 Å². The standard InChI is InChI=1S/C4H6O4.Fe.Mg.2H/c5-3(6)1-2-4(7)8;;;;/h1-2H2,(H,5,6)(H,7,8);;;;. The van der Waals surface area contributed by atoms with Crippen LogP contribution in [0.15, 0.2) is 0 Å². The zero-order valence-corrected chi connectivity index (χ0v) is 5.58. The zero-order valence-electron chi connectivity index (χ0n) is 4.48. The average Bonchev–Trinajstić information content (AvgIpc) is 1.61. The van der Waals surface area contributed by atoms with Crippen LogP contribution in [0.5, 0.6) is 0 Å². The number of hydrogen-bond acceptors (Lipinski definition) is 2. The SMILES string of the molecule is O=C(O)CCC(=O)O.[Fe].[MgH2]. The number of aliphatic carboxylic acids is 2. The molecule has 0 unspecified atom stereocenters. The van der Waals surface area contributed by atoms with Gasteiger partial charge in [0, 0.05) is 17.1 Å². The molecule has 0 aromatic rings. The van der Waals surface area contributed by atoms with E-state index in [0.717, 1.165) is 0 Å². The van der Waals surface area contributed by atoms with Gasteiger partial charge in [0.15, 0.2) is 0 Å². The van der Waals surface area contributed by atoms with E-state index < -0.39 is 11.9 Å². The van der Waals surface area contributed by atoms with Crippen molar-refractivity contribution in [3.63, 3.8) is 0 Å². The fraction of sp³-hybridized carbons (Fsp3) is 0.500. The fourth-order valence-electron chi connectivity index (χ4n) is 0.214. The first kappa shape index (κ1) is 16.7. The predicted octanol–water partition coefficient (Wildman–Crippen LogP) is -0.983. The molecule has 0 aliphatic heterocycles. The minimum atomic E-state index is -1.08. The number of carboxylic acid groups (broad SMARTS) is 2. The van der Waals surface area contributed by atoms with Crippen LogP contribution in [0.4, 0.5) is 0 Å². The minimum Gasteiger partial charge on any atom is -0.481 e. The summed E-state index contributed by atoms with van der Waals surface area (Å²) in [6.45, 7) is 0. The molecular weight excluding hydrogens is 192 g/mol. The van der Waals surface area contributed by atoms with Crippen molar-refractivity contribution in [2.45, 2.75) is 12.8 Å². The molecule has 58 valence electrons. The molecule has 0 aromatic carbocycles. The van der Waals surface area contributed by atoms with Gasteiger partial charge in [-0.05, 0) is 0 Å². The van der Waals surface area contributed by atoms with Crippen LogP contribution in [0.25, 0.3) is 0 Å². The number of carboxylic acids is 2. The molecule has 6 heteroatoms. The second-order valence-corrected chi connectivity index (χ2v) is 1.29. The summed E-state index contributed by atoms with van der Waals surface area (Å²) >= 11 is 0. The van der Waals surface area contributed by atoms with Crippen LogP contribution in [-0.2, 0) is 26.7 Å². The fourth-order valence-corrected chi connectivity index (χ4v) is 0.214. The number of rotatable bonds is 3. The van der Waals surface area contributed by atoms with Gasteiger partial charge in [0.05, 0.1) is 12.8 Å². The van der Waals surface area contributed by atoms with Gasteiger partial charge in [-0.3, -0.25) is 9.59 Å². The molecule has 0 saturated carbocycles. The van der Waals surface area contributed by atoms with Gasteiger partial charge >= 0.3 is 35.0 Å². The largest absolute Gasteiger partial charge is 0.481 e. The molecule has 0 fully saturated rings. The van der Waals surface area contributed by atoms with E-state index in [1.807, 2.05) is 0 Å². The molecular formula is C4H8FeMgO4. The third-order valence-corrected chi connectivity index (χ3v) is 0.553. The summed E-state index contributed by atoms with van der Waals surface area (Å²) in [6, 6.07) is 0. The first-order chi connectivity index (χ1) is 3.63. The Labute approximate surface area is 84.6 Å². The smallest absolute Gasteiger partial charge is 0.316 e. The maximum atomic E-state index is 9.64. The average molecular weight is 200 g/mol. The third-order valence-electron chi connectivity index (χ3n) is 0.553. The Morgan fingerprint density at radius 3 is 1.30 bits per heavy atom. The first-order valence-electron chi connectivity index (χ1n) is 2.06. The van der Waals surface area contributed by atoms with Crippen molar-refractivity contribution in [1.29, 1.82) is 0 Å². The van der Waals surface area contributed by atoms with Crippen LogP contribution in [0.3, 0.4) is 0 Å². The monoisotopic (exact) mass is 200 g/mol. The van der Waals surface area contributed by atoms with E-state index in [9.17, 15) is 9.59 Å². The molecule has 2 N–H and O–H groups in total. The van der Waals surface area contributed by atoms with E-state index in [2.05, 4.69) is 0 Å². The normalized spacial score (nSPS) is 6.80. The van der Waals surface area contributed by atoms with Gasteiger partial charge in [-0.2, -0.15) is 0 Å². The van der Waals surface area contributed by atoms with Crippen molar-refractivity contribution in [3.8, 4) is 0 Å². The molecule has 0 radical (unpaired) electrons. The zero-order chi connectivity index (χ0) is 6.57. The molecule has 0 amide bonds. The van der Waals surface area contributed by atoms with Gasteiger partial charge in [-0.15, -0.1) is 0 Å². The van der Waals surface area contributed by atoms with Crippen LogP contribution in [0, 0.1) is 0 Å². The van der Waals surface area contributed by atoms with Crippen molar-refractivity contribution in [3.05, 3.63) is 0 Å². The van der Waals surface area contributed by atoms with Crippen molar-refractivity contribution >= 4 is 35.0 Å². The van der Waals surface area contributed by atoms with E-state index in [1.54, 1.807) is 0 Å². The first-order valence-corrected chi connectivity index (χ1v) is 2.06. The van der Waals surface area contributed by atoms with Crippen LogP contribution >= 0.6 is 0 Å². The molecule has 0 rings (SSSR count). The summed E-state index contributed by atoms with van der Waals surface area (Å²) in [5.41, 5.74) is 0. The molecule has 0 aliphatic rings.